The third kappa shape index (κ3) is 50.4. The summed E-state index contributed by atoms with van der Waals surface area (Å²) in [5.41, 5.74) is 0. The Morgan fingerprint density at radius 2 is 0.851 bits per heavy atom. The number of unbranched alkanes of at least 4 members (excludes halogenated alkanes) is 22. The Balaban J connectivity index is 4.28. The van der Waals surface area contributed by atoms with Gasteiger partial charge in [-0.15, -0.1) is 0 Å². The van der Waals surface area contributed by atoms with Crippen molar-refractivity contribution in [3.63, 3.8) is 0 Å². The molecule has 0 saturated heterocycles. The summed E-state index contributed by atoms with van der Waals surface area (Å²) in [7, 11) is 5.96. The summed E-state index contributed by atoms with van der Waals surface area (Å²) in [4.78, 5) is 37.3. The minimum Gasteiger partial charge on any atom is -0.477 e. The van der Waals surface area contributed by atoms with Crippen molar-refractivity contribution >= 4 is 17.9 Å². The Hall–Kier alpha value is -3.27. The fraction of sp³-hybridized carbons (Fsp3) is 0.741. The van der Waals surface area contributed by atoms with E-state index < -0.39 is 24.3 Å². The molecule has 9 nitrogen and oxygen atoms in total. The summed E-state index contributed by atoms with van der Waals surface area (Å²) in [5, 5.41) is 9.68. The third-order valence-corrected chi connectivity index (χ3v) is 11.4. The number of quaternary nitrogens is 1. The van der Waals surface area contributed by atoms with E-state index in [1.165, 1.54) is 96.3 Å². The lowest BCUT2D eigenvalue weighted by atomic mass is 10.0. The van der Waals surface area contributed by atoms with Crippen molar-refractivity contribution in [2.75, 3.05) is 47.5 Å². The monoisotopic (exact) mass is 941 g/mol. The normalized spacial score (nSPS) is 13.4. The molecule has 386 valence electrons. The summed E-state index contributed by atoms with van der Waals surface area (Å²) in [6, 6.07) is 0. The fourth-order valence-corrected chi connectivity index (χ4v) is 7.27. The van der Waals surface area contributed by atoms with Gasteiger partial charge in [0.05, 0.1) is 34.4 Å². The molecule has 0 aliphatic rings. The van der Waals surface area contributed by atoms with Crippen LogP contribution in [-0.2, 0) is 33.3 Å². The van der Waals surface area contributed by atoms with Crippen LogP contribution in [0.25, 0.3) is 0 Å². The molecule has 2 unspecified atom stereocenters. The number of esters is 2. The lowest BCUT2D eigenvalue weighted by Gasteiger charge is -2.25. The van der Waals surface area contributed by atoms with Crippen LogP contribution in [0.1, 0.15) is 219 Å². The van der Waals surface area contributed by atoms with Crippen molar-refractivity contribution in [3.05, 3.63) is 72.9 Å². The van der Waals surface area contributed by atoms with Crippen molar-refractivity contribution in [1.29, 1.82) is 0 Å². The van der Waals surface area contributed by atoms with Crippen LogP contribution in [0, 0.1) is 0 Å². The van der Waals surface area contributed by atoms with Gasteiger partial charge in [0, 0.05) is 12.8 Å². The van der Waals surface area contributed by atoms with E-state index in [0.29, 0.717) is 17.4 Å². The molecule has 0 saturated carbocycles. The molecule has 0 aliphatic carbocycles. The number of carbonyl (C=O) groups is 3. The molecule has 0 amide bonds. The Morgan fingerprint density at radius 3 is 1.28 bits per heavy atom. The topological polar surface area (TPSA) is 108 Å². The number of carboxylic acid groups (broad SMARTS) is 1. The number of allylic oxidation sites excluding steroid dienone is 12. The summed E-state index contributed by atoms with van der Waals surface area (Å²) in [6.45, 7) is 4.74. The Kier molecular flexibility index (Phi) is 46.8. The van der Waals surface area contributed by atoms with Gasteiger partial charge in [0.2, 0.25) is 0 Å². The molecule has 0 radical (unpaired) electrons. The van der Waals surface area contributed by atoms with Crippen molar-refractivity contribution in [3.8, 4) is 0 Å². The zero-order chi connectivity index (χ0) is 49.2. The van der Waals surface area contributed by atoms with Crippen LogP contribution in [-0.4, -0.2) is 87.4 Å². The first-order valence-corrected chi connectivity index (χ1v) is 27.1. The van der Waals surface area contributed by atoms with E-state index >= 15 is 0 Å². The van der Waals surface area contributed by atoms with E-state index in [2.05, 4.69) is 86.8 Å². The van der Waals surface area contributed by atoms with Gasteiger partial charge in [-0.25, -0.2) is 4.79 Å². The second-order valence-electron chi connectivity index (χ2n) is 19.2. The highest BCUT2D eigenvalue weighted by Gasteiger charge is 2.25. The van der Waals surface area contributed by atoms with Crippen LogP contribution in [0.15, 0.2) is 72.9 Å². The average Bonchev–Trinajstić information content (AvgIpc) is 3.29. The van der Waals surface area contributed by atoms with Gasteiger partial charge < -0.3 is 28.5 Å². The maximum Gasteiger partial charge on any atom is 0.361 e. The number of rotatable bonds is 49. The van der Waals surface area contributed by atoms with Crippen LogP contribution in [0.4, 0.5) is 0 Å². The number of likely N-dealkylation sites (N-methyl/N-ethyl adjacent to an activating group) is 1. The number of nitrogens with zero attached hydrogens (tertiary/aromatic N) is 1. The fourth-order valence-electron chi connectivity index (χ4n) is 7.27. The predicted octanol–water partition coefficient (Wildman–Crippen LogP) is 15.5. The van der Waals surface area contributed by atoms with E-state index in [9.17, 15) is 19.5 Å². The minimum atomic E-state index is -1.51. The van der Waals surface area contributed by atoms with Gasteiger partial charge in [-0.3, -0.25) is 9.59 Å². The van der Waals surface area contributed by atoms with E-state index in [-0.39, 0.29) is 38.6 Å². The maximum absolute atomic E-state index is 12.8. The van der Waals surface area contributed by atoms with Gasteiger partial charge >= 0.3 is 17.9 Å². The Labute approximate surface area is 411 Å². The molecule has 0 rings (SSSR count). The van der Waals surface area contributed by atoms with E-state index in [1.54, 1.807) is 0 Å². The van der Waals surface area contributed by atoms with Crippen LogP contribution >= 0.6 is 0 Å². The number of ether oxygens (including phenoxy) is 4. The minimum absolute atomic E-state index is 0.183. The lowest BCUT2D eigenvalue weighted by Crippen LogP contribution is -2.40. The van der Waals surface area contributed by atoms with Crippen LogP contribution in [0.3, 0.4) is 0 Å². The molecule has 0 aromatic carbocycles. The molecule has 0 spiro atoms. The van der Waals surface area contributed by atoms with E-state index in [1.807, 2.05) is 21.1 Å². The van der Waals surface area contributed by atoms with Crippen molar-refractivity contribution in [1.82, 2.24) is 0 Å². The van der Waals surface area contributed by atoms with Crippen molar-refractivity contribution in [2.45, 2.75) is 232 Å². The number of hydrogen-bond donors (Lipinski definition) is 1. The molecule has 0 bridgehead atoms. The van der Waals surface area contributed by atoms with Gasteiger partial charge in [0.1, 0.15) is 13.2 Å². The lowest BCUT2D eigenvalue weighted by molar-refractivity contribution is -0.870. The van der Waals surface area contributed by atoms with Gasteiger partial charge in [-0.1, -0.05) is 196 Å². The Bertz CT molecular complexity index is 1330. The third-order valence-electron chi connectivity index (χ3n) is 11.4. The highest BCUT2D eigenvalue weighted by Crippen LogP contribution is 2.15. The number of aliphatic carboxylic acids is 1. The largest absolute Gasteiger partial charge is 0.477 e. The molecule has 1 N–H and O–H groups in total. The molecular weight excluding hydrogens is 839 g/mol. The first-order chi connectivity index (χ1) is 32.6. The standard InChI is InChI=1S/C58H101NO8/c1-6-8-10-12-14-16-18-20-22-23-24-25-26-27-28-29-30-31-32-33-35-37-39-41-43-45-47-49-56(61)67-54(53-66-58(57(62)63)64-51-50-59(3,4)5)52-65-55(60)48-46-44-42-40-38-36-34-21-19-17-15-13-11-9-7-2/h8,10,14,16,20-22,24-25,27-28,34,54,58H,6-7,9,11-13,15,17-19,23,26,29-33,35-53H2,1-5H3/p+1/b10-8-,16-14-,22-20-,25-24-,28-27-,34-21-. The van der Waals surface area contributed by atoms with E-state index in [0.717, 1.165) is 89.9 Å². The average molecular weight is 941 g/mol. The number of hydrogen-bond acceptors (Lipinski definition) is 7. The predicted molar refractivity (Wildman–Crippen MR) is 281 cm³/mol. The van der Waals surface area contributed by atoms with E-state index in [4.69, 9.17) is 18.9 Å². The summed E-state index contributed by atoms with van der Waals surface area (Å²) in [5.74, 6) is -2.02. The second kappa shape index (κ2) is 49.2. The number of carboxylic acids is 1. The SMILES string of the molecule is CC/C=C\C/C=C\C/C=C\C/C=C\C/C=C\CCCCCCCCCCCCCC(=O)OC(COC(=O)CCCCCCC/C=C\CCCCCCCC)COC(OCC[N+](C)(C)C)C(=O)O. The van der Waals surface area contributed by atoms with Gasteiger partial charge in [0.15, 0.2) is 6.10 Å². The molecule has 0 heterocycles. The highest BCUT2D eigenvalue weighted by molar-refractivity contribution is 5.71. The molecule has 9 heteroatoms. The first-order valence-electron chi connectivity index (χ1n) is 27.1. The van der Waals surface area contributed by atoms with Crippen molar-refractivity contribution in [2.24, 2.45) is 0 Å². The zero-order valence-corrected chi connectivity index (χ0v) is 43.8. The van der Waals surface area contributed by atoms with Crippen LogP contribution in [0.2, 0.25) is 0 Å². The molecule has 0 aliphatic heterocycles. The first kappa shape index (κ1) is 63.7. The second-order valence-corrected chi connectivity index (χ2v) is 19.2. The molecule has 0 aromatic rings. The highest BCUT2D eigenvalue weighted by atomic mass is 16.7. The Morgan fingerprint density at radius 1 is 0.463 bits per heavy atom. The van der Waals surface area contributed by atoms with Crippen molar-refractivity contribution < 1.29 is 42.9 Å². The summed E-state index contributed by atoms with van der Waals surface area (Å²) in [6.07, 6.45) is 59.7. The van der Waals surface area contributed by atoms with Gasteiger partial charge in [-0.2, -0.15) is 0 Å². The summed E-state index contributed by atoms with van der Waals surface area (Å²) >= 11 is 0. The quantitative estimate of drug-likeness (QED) is 0.0211. The number of carbonyl (C=O) groups excluding carboxylic acids is 2. The smallest absolute Gasteiger partial charge is 0.361 e. The van der Waals surface area contributed by atoms with Gasteiger partial charge in [0.25, 0.3) is 6.29 Å². The molecule has 2 atom stereocenters. The molecule has 67 heavy (non-hydrogen) atoms. The molecule has 0 aromatic heterocycles. The van der Waals surface area contributed by atoms with Crippen LogP contribution in [0.5, 0.6) is 0 Å². The van der Waals surface area contributed by atoms with Gasteiger partial charge in [-0.05, 0) is 83.5 Å². The zero-order valence-electron chi connectivity index (χ0n) is 43.8. The molecular formula is C58H102NO8+. The maximum atomic E-state index is 12.8. The molecule has 0 fully saturated rings. The van der Waals surface area contributed by atoms with Crippen LogP contribution < -0.4 is 0 Å². The summed E-state index contributed by atoms with van der Waals surface area (Å²) < 4.78 is 22.8.